The van der Waals surface area contributed by atoms with Crippen molar-refractivity contribution in [2.24, 2.45) is 5.92 Å². The van der Waals surface area contributed by atoms with Gasteiger partial charge in [-0.3, -0.25) is 4.79 Å². The molecule has 1 aliphatic heterocycles. The molecule has 1 N–H and O–H groups in total. The molecule has 0 bridgehead atoms. The van der Waals surface area contributed by atoms with Crippen LogP contribution in [0.5, 0.6) is 11.5 Å². The lowest BCUT2D eigenvalue weighted by Crippen LogP contribution is -2.38. The van der Waals surface area contributed by atoms with Gasteiger partial charge in [-0.1, -0.05) is 61.8 Å². The third kappa shape index (κ3) is 5.89. The van der Waals surface area contributed by atoms with Gasteiger partial charge in [-0.05, 0) is 83.6 Å². The number of hydrogen-bond acceptors (Lipinski definition) is 4. The lowest BCUT2D eigenvalue weighted by atomic mass is 9.94. The van der Waals surface area contributed by atoms with E-state index >= 15 is 0 Å². The van der Waals surface area contributed by atoms with Crippen LogP contribution >= 0.6 is 11.6 Å². The quantitative estimate of drug-likeness (QED) is 0.261. The number of aromatic hydroxyl groups is 1. The van der Waals surface area contributed by atoms with Crippen molar-refractivity contribution in [3.8, 4) is 11.5 Å². The highest BCUT2D eigenvalue weighted by Gasteiger charge is 2.34. The molecule has 4 aromatic rings. The van der Waals surface area contributed by atoms with Crippen LogP contribution in [0.1, 0.15) is 36.5 Å². The zero-order chi connectivity index (χ0) is 27.5. The van der Waals surface area contributed by atoms with Crippen LogP contribution in [0, 0.1) is 5.92 Å². The number of ether oxygens (including phenoxy) is 1. The number of phenols is 1. The molecular weight excluding hydrogens is 508 g/mol. The summed E-state index contributed by atoms with van der Waals surface area (Å²) >= 11 is 6.51. The van der Waals surface area contributed by atoms with Crippen molar-refractivity contribution >= 4 is 34.6 Å². The maximum Gasteiger partial charge on any atom is 0.232 e. The number of amides is 1. The third-order valence-corrected chi connectivity index (χ3v) is 7.56. The van der Waals surface area contributed by atoms with Crippen molar-refractivity contribution in [2.75, 3.05) is 23.5 Å². The van der Waals surface area contributed by atoms with Gasteiger partial charge in [0.15, 0.2) is 0 Å². The van der Waals surface area contributed by atoms with Gasteiger partial charge in [-0.2, -0.15) is 0 Å². The second-order valence-corrected chi connectivity index (χ2v) is 10.8. The molecule has 0 aliphatic carbocycles. The standard InChI is InChI=1S/C33H33ClN2O3/c1-22(2)25-8-4-23(5-9-25)18-26-21-35(28-11-13-29(37)14-12-28)32-19-27(34)10-17-31(32)36(33(26)38)20-24-6-15-30(39-3)16-7-24/h4-17,19,22,26,37H,18,20-21H2,1-3H3. The smallest absolute Gasteiger partial charge is 0.232 e. The average molecular weight is 541 g/mol. The first-order valence-corrected chi connectivity index (χ1v) is 13.6. The molecule has 1 amide bonds. The highest BCUT2D eigenvalue weighted by molar-refractivity contribution is 6.31. The third-order valence-electron chi connectivity index (χ3n) is 7.33. The van der Waals surface area contributed by atoms with E-state index in [2.05, 4.69) is 43.0 Å². The van der Waals surface area contributed by atoms with Gasteiger partial charge in [0, 0.05) is 17.3 Å². The first kappa shape index (κ1) is 26.6. The first-order chi connectivity index (χ1) is 18.8. The Morgan fingerprint density at radius 1 is 0.897 bits per heavy atom. The molecule has 4 aromatic carbocycles. The zero-order valence-corrected chi connectivity index (χ0v) is 23.2. The summed E-state index contributed by atoms with van der Waals surface area (Å²) < 4.78 is 5.33. The Labute approximate surface area is 235 Å². The van der Waals surface area contributed by atoms with Crippen molar-refractivity contribution in [2.45, 2.75) is 32.7 Å². The SMILES string of the molecule is COc1ccc(CN2C(=O)C(Cc3ccc(C(C)C)cc3)CN(c3ccc(O)cc3)c3cc(Cl)ccc32)cc1. The predicted octanol–water partition coefficient (Wildman–Crippen LogP) is 7.72. The predicted molar refractivity (Wildman–Crippen MR) is 158 cm³/mol. The van der Waals surface area contributed by atoms with Crippen LogP contribution in [0.3, 0.4) is 0 Å². The molecule has 1 heterocycles. The lowest BCUT2D eigenvalue weighted by Gasteiger charge is -2.27. The monoisotopic (exact) mass is 540 g/mol. The summed E-state index contributed by atoms with van der Waals surface area (Å²) in [6.45, 7) is 5.25. The van der Waals surface area contributed by atoms with Gasteiger partial charge >= 0.3 is 0 Å². The molecule has 0 saturated carbocycles. The molecule has 5 nitrogen and oxygen atoms in total. The number of benzene rings is 4. The van der Waals surface area contributed by atoms with Crippen molar-refractivity contribution in [3.63, 3.8) is 0 Å². The van der Waals surface area contributed by atoms with Crippen LogP contribution in [-0.2, 0) is 17.8 Å². The summed E-state index contributed by atoms with van der Waals surface area (Å²) in [7, 11) is 1.64. The van der Waals surface area contributed by atoms with E-state index in [0.29, 0.717) is 30.5 Å². The van der Waals surface area contributed by atoms with Crippen LogP contribution < -0.4 is 14.5 Å². The molecule has 0 radical (unpaired) electrons. The van der Waals surface area contributed by atoms with Crippen LogP contribution in [0.4, 0.5) is 17.1 Å². The lowest BCUT2D eigenvalue weighted by molar-refractivity contribution is -0.122. The van der Waals surface area contributed by atoms with Gasteiger partial charge in [0.05, 0.1) is 30.9 Å². The summed E-state index contributed by atoms with van der Waals surface area (Å²) in [5.41, 5.74) is 5.94. The Hall–Kier alpha value is -3.96. The number of halogens is 1. The minimum atomic E-state index is -0.312. The Balaban J connectivity index is 1.58. The fraction of sp³-hybridized carbons (Fsp3) is 0.242. The van der Waals surface area contributed by atoms with E-state index in [0.717, 1.165) is 33.9 Å². The van der Waals surface area contributed by atoms with Crippen molar-refractivity contribution < 1.29 is 14.6 Å². The number of hydrogen-bond donors (Lipinski definition) is 1. The van der Waals surface area contributed by atoms with E-state index in [-0.39, 0.29) is 17.6 Å². The number of carbonyl (C=O) groups excluding carboxylic acids is 1. The maximum atomic E-state index is 14.3. The van der Waals surface area contributed by atoms with Gasteiger partial charge < -0.3 is 19.6 Å². The second-order valence-electron chi connectivity index (χ2n) is 10.3. The van der Waals surface area contributed by atoms with E-state index < -0.39 is 0 Å². The van der Waals surface area contributed by atoms with Crippen molar-refractivity contribution in [3.05, 3.63) is 113 Å². The molecular formula is C33H33ClN2O3. The summed E-state index contributed by atoms with van der Waals surface area (Å²) in [5, 5.41) is 10.5. The Kier molecular flexibility index (Phi) is 7.80. The molecule has 39 heavy (non-hydrogen) atoms. The molecule has 0 fully saturated rings. The number of fused-ring (bicyclic) bond motifs is 1. The number of anilines is 3. The molecule has 1 aliphatic rings. The van der Waals surface area contributed by atoms with E-state index in [1.807, 2.05) is 59.5 Å². The van der Waals surface area contributed by atoms with E-state index in [9.17, 15) is 9.90 Å². The summed E-state index contributed by atoms with van der Waals surface area (Å²) in [6.07, 6.45) is 0.604. The van der Waals surface area contributed by atoms with Crippen LogP contribution in [0.2, 0.25) is 5.02 Å². The highest BCUT2D eigenvalue weighted by Crippen LogP contribution is 2.42. The van der Waals surface area contributed by atoms with Crippen molar-refractivity contribution in [1.29, 1.82) is 0 Å². The Morgan fingerprint density at radius 3 is 2.21 bits per heavy atom. The minimum Gasteiger partial charge on any atom is -0.508 e. The summed E-state index contributed by atoms with van der Waals surface area (Å²) in [5.74, 6) is 1.16. The zero-order valence-electron chi connectivity index (χ0n) is 22.5. The molecule has 0 spiro atoms. The molecule has 6 heteroatoms. The molecule has 1 unspecified atom stereocenters. The van der Waals surface area contributed by atoms with Crippen LogP contribution in [0.25, 0.3) is 0 Å². The number of nitrogens with zero attached hydrogens (tertiary/aromatic N) is 2. The van der Waals surface area contributed by atoms with Gasteiger partial charge in [0.2, 0.25) is 5.91 Å². The minimum absolute atomic E-state index is 0.0589. The molecule has 200 valence electrons. The largest absolute Gasteiger partial charge is 0.508 e. The van der Waals surface area contributed by atoms with Gasteiger partial charge in [-0.25, -0.2) is 0 Å². The maximum absolute atomic E-state index is 14.3. The molecule has 0 aromatic heterocycles. The van der Waals surface area contributed by atoms with Gasteiger partial charge in [0.1, 0.15) is 11.5 Å². The highest BCUT2D eigenvalue weighted by atomic mass is 35.5. The van der Waals surface area contributed by atoms with Crippen molar-refractivity contribution in [1.82, 2.24) is 0 Å². The number of phenolic OH excluding ortho intramolecular Hbond substituents is 1. The van der Waals surface area contributed by atoms with Crippen LogP contribution in [0.15, 0.2) is 91.0 Å². The first-order valence-electron chi connectivity index (χ1n) is 13.2. The summed E-state index contributed by atoms with van der Waals surface area (Å²) in [4.78, 5) is 18.3. The van der Waals surface area contributed by atoms with Gasteiger partial charge in [-0.15, -0.1) is 0 Å². The number of carbonyl (C=O) groups is 1. The fourth-order valence-corrected chi connectivity index (χ4v) is 5.27. The van der Waals surface area contributed by atoms with E-state index in [4.69, 9.17) is 16.3 Å². The number of methoxy groups -OCH3 is 1. The molecule has 0 saturated heterocycles. The molecule has 1 atom stereocenters. The van der Waals surface area contributed by atoms with Gasteiger partial charge in [0.25, 0.3) is 0 Å². The normalized spacial score (nSPS) is 15.3. The second kappa shape index (κ2) is 11.4. The number of rotatable bonds is 7. The molecule has 5 rings (SSSR count). The van der Waals surface area contributed by atoms with E-state index in [1.165, 1.54) is 5.56 Å². The summed E-state index contributed by atoms with van der Waals surface area (Å²) in [6, 6.07) is 29.1. The van der Waals surface area contributed by atoms with Crippen LogP contribution in [-0.4, -0.2) is 24.7 Å². The van der Waals surface area contributed by atoms with E-state index in [1.54, 1.807) is 19.2 Å². The average Bonchev–Trinajstić information content (AvgIpc) is 3.04. The Morgan fingerprint density at radius 2 is 1.56 bits per heavy atom. The topological polar surface area (TPSA) is 53.0 Å². The fourth-order valence-electron chi connectivity index (χ4n) is 5.11. The Bertz CT molecular complexity index is 1430.